The largest absolute Gasteiger partial charge is 0.508 e. The number of aromatic hydroxyl groups is 2. The summed E-state index contributed by atoms with van der Waals surface area (Å²) in [5, 5.41) is 55.5. The molecule has 1 aliphatic rings. The Labute approximate surface area is 761 Å². The third-order valence-corrected chi connectivity index (χ3v) is 23.4. The third kappa shape index (κ3) is 29.8. The van der Waals surface area contributed by atoms with Crippen molar-refractivity contribution in [2.45, 2.75) is 158 Å². The zero-order valence-electron chi connectivity index (χ0n) is 74.1. The molecule has 0 bridgehead atoms. The van der Waals surface area contributed by atoms with E-state index >= 15 is 43.2 Å². The Morgan fingerprint density at radius 1 is 0.473 bits per heavy atom. The molecule has 9 rings (SSSR count). The van der Waals surface area contributed by atoms with E-state index in [2.05, 4.69) is 62.8 Å². The standard InChI is InChI=1S/C93H114N18O19S/c1-9-10-30-74-91(128)108(5)51-79(116)100-70(46-81(118)119)87(124)106-82(55(2)3)93(130)110(7)75(42-57-24-16-12-17-25-57)88(125)104-71(41-60-33-37-64(113)38-34-60)89(126)107(4)50-78(115)99-68(44-61-47-96-66-29-21-20-28-65(61)66)85(122)102-67(39-59-31-35-63(112)36-32-59)84(121)103-69(45-62-48-95-54-98-62)86(123)105-73(83(120)97-49-77(94)114)52-131-53-80(117)101-72(40-56-22-14-11-15-23-56)90(127)111(8)76(92(129)109(74)6)43-58-26-18-13-19-27-58/h11-29,31-38,47-48,54-55,67-76,82,96,112-113H,9-10,30,39-46,49-53H2,1-8H3,(H2,94,114)(H,95,98)(H,97,120)(H,99,115)(H,100,116)(H,101,117)(H,102,122)(H,103,121)(H,104,125)(H,105,123)(H,106,124)(H,118,119). The molecule has 2 aromatic heterocycles. The highest BCUT2D eigenvalue weighted by molar-refractivity contribution is 8.00. The first-order chi connectivity index (χ1) is 62.5. The number of carbonyl (C=O) groups excluding carboxylic acids is 15. The Morgan fingerprint density at radius 3 is 1.47 bits per heavy atom. The molecule has 16 N–H and O–H groups in total. The molecule has 38 heteroatoms. The molecule has 1 fully saturated rings. The summed E-state index contributed by atoms with van der Waals surface area (Å²) in [5.74, 6) is -17.5. The lowest BCUT2D eigenvalue weighted by Crippen LogP contribution is -2.61. The van der Waals surface area contributed by atoms with Crippen LogP contribution in [0.3, 0.4) is 0 Å². The van der Waals surface area contributed by atoms with Crippen LogP contribution in [0.5, 0.6) is 11.5 Å². The molecule has 6 aromatic carbocycles. The van der Waals surface area contributed by atoms with Crippen molar-refractivity contribution in [1.82, 2.24) is 87.3 Å². The summed E-state index contributed by atoms with van der Waals surface area (Å²) >= 11 is 0.804. The average molecular weight is 1820 g/mol. The number of benzene rings is 6. The summed E-state index contributed by atoms with van der Waals surface area (Å²) in [6, 6.07) is 26.7. The lowest BCUT2D eigenvalue weighted by Gasteiger charge is -2.37. The number of imidazole rings is 1. The lowest BCUT2D eigenvalue weighted by atomic mass is 9.98. The summed E-state index contributed by atoms with van der Waals surface area (Å²) in [5.41, 5.74) is 9.32. The fraction of sp³-hybridized carbons (Fsp3) is 0.387. The number of aromatic amines is 2. The molecule has 1 saturated heterocycles. The van der Waals surface area contributed by atoms with Crippen molar-refractivity contribution in [3.63, 3.8) is 0 Å². The second-order valence-electron chi connectivity index (χ2n) is 32.7. The van der Waals surface area contributed by atoms with Gasteiger partial charge in [0.25, 0.3) is 0 Å². The monoisotopic (exact) mass is 1820 g/mol. The smallest absolute Gasteiger partial charge is 0.305 e. The second kappa shape index (κ2) is 48.6. The van der Waals surface area contributed by atoms with Crippen molar-refractivity contribution >= 4 is 117 Å². The number of primary amides is 1. The van der Waals surface area contributed by atoms with Gasteiger partial charge in [-0.2, -0.15) is 0 Å². The number of fused-ring (bicyclic) bond motifs is 1. The molecule has 131 heavy (non-hydrogen) atoms. The summed E-state index contributed by atoms with van der Waals surface area (Å²) in [4.78, 5) is 251. The van der Waals surface area contributed by atoms with Gasteiger partial charge >= 0.3 is 5.97 Å². The molecule has 37 nitrogen and oxygen atoms in total. The number of carboxylic acids is 1. The molecule has 0 spiro atoms. The first-order valence-electron chi connectivity index (χ1n) is 42.8. The number of carbonyl (C=O) groups is 16. The molecule has 0 radical (unpaired) electrons. The highest BCUT2D eigenvalue weighted by atomic mass is 32.2. The summed E-state index contributed by atoms with van der Waals surface area (Å²) in [7, 11) is 6.51. The number of aliphatic carboxylic acids is 1. The van der Waals surface area contributed by atoms with E-state index in [-0.39, 0.29) is 68.6 Å². The van der Waals surface area contributed by atoms with Gasteiger partial charge in [-0.15, -0.1) is 11.8 Å². The van der Waals surface area contributed by atoms with Crippen LogP contribution >= 0.6 is 11.8 Å². The van der Waals surface area contributed by atoms with Crippen LogP contribution in [-0.4, -0.2) is 282 Å². The first-order valence-corrected chi connectivity index (χ1v) is 44.0. The number of phenolic OH excluding ortho intramolecular Hbond substituents is 2. The Balaban J connectivity index is 1.12. The highest BCUT2D eigenvalue weighted by Crippen LogP contribution is 2.25. The Bertz CT molecular complexity index is 5300. The number of H-pyrrole nitrogens is 2. The van der Waals surface area contributed by atoms with E-state index in [1.54, 1.807) is 135 Å². The number of nitrogens with zero attached hydrogens (tertiary/aromatic N) is 6. The van der Waals surface area contributed by atoms with Gasteiger partial charge in [-0.3, -0.25) is 76.7 Å². The lowest BCUT2D eigenvalue weighted by molar-refractivity contribution is -0.151. The maximum absolute atomic E-state index is 15.5. The van der Waals surface area contributed by atoms with Gasteiger partial charge in [-0.25, -0.2) is 4.98 Å². The molecular weight excluding hydrogens is 1710 g/mol. The minimum atomic E-state index is -1.91. The van der Waals surface area contributed by atoms with E-state index in [0.717, 1.165) is 36.3 Å². The molecule has 3 heterocycles. The third-order valence-electron chi connectivity index (χ3n) is 22.3. The zero-order chi connectivity index (χ0) is 95.1. The number of amides is 15. The van der Waals surface area contributed by atoms with Gasteiger partial charge in [0.2, 0.25) is 88.6 Å². The molecule has 1 aliphatic heterocycles. The normalized spacial score (nSPS) is 21.7. The van der Waals surface area contributed by atoms with Crippen LogP contribution < -0.4 is 53.6 Å². The number of unbranched alkanes of at least 4 members (excludes halogenated alkanes) is 1. The first kappa shape index (κ1) is 100. The number of likely N-dealkylation sites (N-methyl/N-ethyl adjacent to an activating group) is 5. The Morgan fingerprint density at radius 2 is 0.931 bits per heavy atom. The summed E-state index contributed by atoms with van der Waals surface area (Å²) in [6.45, 7) is 2.62. The topological polar surface area (TPSA) is 529 Å². The fourth-order valence-corrected chi connectivity index (χ4v) is 15.9. The highest BCUT2D eigenvalue weighted by Gasteiger charge is 2.42. The number of nitrogens with two attached hydrogens (primary N) is 1. The maximum atomic E-state index is 15.5. The van der Waals surface area contributed by atoms with Gasteiger partial charge in [0, 0.05) is 115 Å². The minimum Gasteiger partial charge on any atom is -0.508 e. The Kier molecular flexibility index (Phi) is 37.2. The molecule has 0 aliphatic carbocycles. The number of carboxylic acid groups (broad SMARTS) is 1. The number of hydrogen-bond acceptors (Lipinski definition) is 20. The van der Waals surface area contributed by atoms with Crippen LogP contribution in [-0.2, 0) is 122 Å². The Hall–Kier alpha value is -14.5. The number of aromatic nitrogens is 3. The van der Waals surface area contributed by atoms with E-state index in [0.29, 0.717) is 57.1 Å². The van der Waals surface area contributed by atoms with Crippen molar-refractivity contribution in [1.29, 1.82) is 0 Å². The minimum absolute atomic E-state index is 0.0232. The maximum Gasteiger partial charge on any atom is 0.305 e. The van der Waals surface area contributed by atoms with Crippen LogP contribution in [0.15, 0.2) is 183 Å². The average Bonchev–Trinajstić information content (AvgIpc) is 1.53. The van der Waals surface area contributed by atoms with Crippen LogP contribution in [0.4, 0.5) is 0 Å². The van der Waals surface area contributed by atoms with Gasteiger partial charge in [-0.1, -0.05) is 167 Å². The van der Waals surface area contributed by atoms with E-state index in [1.807, 2.05) is 6.92 Å². The van der Waals surface area contributed by atoms with Crippen molar-refractivity contribution in [3.05, 3.63) is 222 Å². The summed E-state index contributed by atoms with van der Waals surface area (Å²) in [6.07, 6.45) is 2.36. The molecule has 696 valence electrons. The molecular formula is C93H114N18O19S. The van der Waals surface area contributed by atoms with E-state index < -0.39 is 205 Å². The van der Waals surface area contributed by atoms with E-state index in [1.165, 1.54) is 96.3 Å². The predicted molar refractivity (Wildman–Crippen MR) is 485 cm³/mol. The molecule has 11 unspecified atom stereocenters. The van der Waals surface area contributed by atoms with Crippen molar-refractivity contribution in [3.8, 4) is 11.5 Å². The molecule has 8 aromatic rings. The number of para-hydroxylation sites is 1. The number of nitrogens with one attached hydrogen (secondary N) is 11. The van der Waals surface area contributed by atoms with Crippen molar-refractivity contribution in [2.75, 3.05) is 66.4 Å². The van der Waals surface area contributed by atoms with E-state index in [4.69, 9.17) is 5.73 Å². The number of phenols is 2. The molecule has 11 atom stereocenters. The van der Waals surface area contributed by atoms with Gasteiger partial charge in [0.05, 0.1) is 38.1 Å². The number of thioether (sulfide) groups is 1. The fourth-order valence-electron chi connectivity index (χ4n) is 15.1. The van der Waals surface area contributed by atoms with Crippen LogP contribution in [0.2, 0.25) is 0 Å². The zero-order valence-corrected chi connectivity index (χ0v) is 74.9. The SMILES string of the molecule is CCCCC1C(=O)N(C)CC(=O)NC(CC(=O)O)C(=O)NC(C(C)C)C(=O)N(C)C(Cc2ccccc2)C(=O)NC(Cc2ccc(O)cc2)C(=O)N(C)CC(=O)NC(Cc2c[nH]c3ccccc23)C(=O)NC(Cc2ccc(O)cc2)C(=O)NC(Cc2cnc[nH]2)C(=O)NC(C(=O)NCC(N)=O)CSCC(=O)NC(Cc2ccccc2)C(=O)N(C)C(Cc2ccccc2)C(=O)N1C. The quantitative estimate of drug-likeness (QED) is 0.0428. The van der Waals surface area contributed by atoms with Crippen molar-refractivity contribution < 1.29 is 92.0 Å². The molecule has 15 amide bonds. The van der Waals surface area contributed by atoms with Crippen LogP contribution in [0, 0.1) is 5.92 Å². The predicted octanol–water partition coefficient (Wildman–Crippen LogP) is 1.25. The van der Waals surface area contributed by atoms with Gasteiger partial charge < -0.3 is 103 Å². The van der Waals surface area contributed by atoms with Gasteiger partial charge in [0.15, 0.2) is 0 Å². The molecule has 0 saturated carbocycles. The van der Waals surface area contributed by atoms with E-state index in [9.17, 15) is 48.9 Å². The summed E-state index contributed by atoms with van der Waals surface area (Å²) < 4.78 is 0. The van der Waals surface area contributed by atoms with Crippen LogP contribution in [0.25, 0.3) is 10.9 Å². The number of hydrogen-bond donors (Lipinski definition) is 15. The van der Waals surface area contributed by atoms with Crippen LogP contribution in [0.1, 0.15) is 85.5 Å². The number of rotatable bonds is 23. The van der Waals surface area contributed by atoms with Gasteiger partial charge in [0.1, 0.15) is 78.0 Å². The second-order valence-corrected chi connectivity index (χ2v) is 33.7. The van der Waals surface area contributed by atoms with Gasteiger partial charge in [-0.05, 0) is 76.1 Å². The van der Waals surface area contributed by atoms with Crippen molar-refractivity contribution in [2.24, 2.45) is 11.7 Å².